The monoisotopic (exact) mass is 543 g/mol. The Bertz CT molecular complexity index is 1830. The third-order valence-corrected chi connectivity index (χ3v) is 8.35. The number of aryl methyl sites for hydroxylation is 2. The fraction of sp³-hybridized carbons (Fsp3) is 0.300. The topological polar surface area (TPSA) is 171 Å². The Hall–Kier alpha value is -4.73. The number of carbonyl (C=O) groups is 4. The highest BCUT2D eigenvalue weighted by Gasteiger charge is 2.61. The Morgan fingerprint density at radius 3 is 2.23 bits per heavy atom. The van der Waals surface area contributed by atoms with Crippen LogP contribution >= 0.6 is 0 Å². The molecule has 2 aromatic carbocycles. The molecule has 40 heavy (non-hydrogen) atoms. The van der Waals surface area contributed by atoms with Crippen molar-refractivity contribution in [3.05, 3.63) is 73.4 Å². The van der Waals surface area contributed by atoms with E-state index in [9.17, 15) is 39.3 Å². The molecule has 0 saturated heterocycles. The molecule has 10 nitrogen and oxygen atoms in total. The van der Waals surface area contributed by atoms with Crippen LogP contribution in [0.25, 0.3) is 10.8 Å². The second kappa shape index (κ2) is 8.64. The maximum absolute atomic E-state index is 14.0. The van der Waals surface area contributed by atoms with E-state index < -0.39 is 79.4 Å². The van der Waals surface area contributed by atoms with Crippen LogP contribution in [0.1, 0.15) is 90.9 Å². The molecular formula is C30H25NO9. The van der Waals surface area contributed by atoms with Gasteiger partial charge in [-0.25, -0.2) is 0 Å². The van der Waals surface area contributed by atoms with E-state index in [1.54, 1.807) is 12.1 Å². The molecule has 0 bridgehead atoms. The Morgan fingerprint density at radius 2 is 1.57 bits per heavy atom. The van der Waals surface area contributed by atoms with Crippen molar-refractivity contribution in [2.24, 2.45) is 0 Å². The SMILES string of the molecule is CCCCCc1cc2cc3c(c(O)c2c(=O)[nH]1)C1(CC3)C(=O)c2c(O)c3c(c(O)c2C1=O)C(=O)C(OC)=CC3=O. The van der Waals surface area contributed by atoms with Gasteiger partial charge in [-0.15, -0.1) is 0 Å². The quantitative estimate of drug-likeness (QED) is 0.213. The minimum absolute atomic E-state index is 0.0689. The van der Waals surface area contributed by atoms with Crippen molar-refractivity contribution < 1.29 is 39.2 Å². The first kappa shape index (κ1) is 25.5. The molecule has 0 amide bonds. The molecule has 1 unspecified atom stereocenters. The molecule has 1 heterocycles. The van der Waals surface area contributed by atoms with Gasteiger partial charge in [-0.05, 0) is 42.7 Å². The summed E-state index contributed by atoms with van der Waals surface area (Å²) in [5.74, 6) is -6.42. The average molecular weight is 544 g/mol. The number of aromatic nitrogens is 1. The van der Waals surface area contributed by atoms with E-state index in [1.807, 2.05) is 0 Å². The number of carbonyl (C=O) groups excluding carboxylic acids is 4. The molecule has 0 aliphatic heterocycles. The van der Waals surface area contributed by atoms with Gasteiger partial charge in [0.15, 0.2) is 23.1 Å². The van der Waals surface area contributed by atoms with Crippen molar-refractivity contribution >= 4 is 33.9 Å². The number of phenols is 3. The van der Waals surface area contributed by atoms with E-state index in [2.05, 4.69) is 11.9 Å². The van der Waals surface area contributed by atoms with Crippen molar-refractivity contribution in [1.82, 2.24) is 4.98 Å². The van der Waals surface area contributed by atoms with Crippen LogP contribution in [0.5, 0.6) is 17.2 Å². The standard InChI is InChI=1S/C30H25NO9/c1-3-4-5-6-14-10-13-9-12-7-8-30(22(12)26(36)17(13)29(39)31-14)27(37)20-21(28(30)38)25(35)19-18(24(20)34)15(32)11-16(40-2)23(19)33/h9-11,34-36H,3-8H2,1-2H3,(H,31,39). The molecule has 1 spiro atoms. The van der Waals surface area contributed by atoms with E-state index in [4.69, 9.17) is 4.74 Å². The first-order valence-electron chi connectivity index (χ1n) is 13.1. The summed E-state index contributed by atoms with van der Waals surface area (Å²) in [6, 6.07) is 3.45. The molecule has 1 atom stereocenters. The van der Waals surface area contributed by atoms with Crippen molar-refractivity contribution in [3.63, 3.8) is 0 Å². The van der Waals surface area contributed by atoms with Crippen molar-refractivity contribution in [3.8, 4) is 17.2 Å². The minimum atomic E-state index is -2.05. The van der Waals surface area contributed by atoms with Crippen LogP contribution in [-0.2, 0) is 23.0 Å². The highest BCUT2D eigenvalue weighted by atomic mass is 16.5. The van der Waals surface area contributed by atoms with Gasteiger partial charge in [0.1, 0.15) is 22.7 Å². The van der Waals surface area contributed by atoms with Crippen molar-refractivity contribution in [1.29, 1.82) is 0 Å². The van der Waals surface area contributed by atoms with Crippen LogP contribution in [0.2, 0.25) is 0 Å². The zero-order chi connectivity index (χ0) is 28.7. The van der Waals surface area contributed by atoms with E-state index >= 15 is 0 Å². The lowest BCUT2D eigenvalue weighted by Crippen LogP contribution is -2.36. The zero-order valence-electron chi connectivity index (χ0n) is 21.8. The largest absolute Gasteiger partial charge is 0.507 e. The summed E-state index contributed by atoms with van der Waals surface area (Å²) in [5, 5.41) is 34.0. The number of hydrogen-bond acceptors (Lipinski definition) is 9. The van der Waals surface area contributed by atoms with E-state index in [0.717, 1.165) is 32.4 Å². The number of methoxy groups -OCH3 is 1. The number of fused-ring (bicyclic) bond motifs is 5. The summed E-state index contributed by atoms with van der Waals surface area (Å²) in [5.41, 5.74) is -3.94. The molecular weight excluding hydrogens is 518 g/mol. The lowest BCUT2D eigenvalue weighted by atomic mass is 9.76. The maximum Gasteiger partial charge on any atom is 0.259 e. The molecule has 4 N–H and O–H groups in total. The number of pyridine rings is 1. The number of hydrogen-bond donors (Lipinski definition) is 4. The van der Waals surface area contributed by atoms with Crippen molar-refractivity contribution in [2.75, 3.05) is 7.11 Å². The molecule has 0 saturated carbocycles. The molecule has 0 radical (unpaired) electrons. The molecule has 10 heteroatoms. The number of ketones is 4. The third-order valence-electron chi connectivity index (χ3n) is 8.35. The number of Topliss-reactive ketones (excluding diaryl/α,β-unsaturated/α-hetero) is 3. The zero-order valence-corrected chi connectivity index (χ0v) is 21.8. The number of aromatic amines is 1. The van der Waals surface area contributed by atoms with Gasteiger partial charge in [0, 0.05) is 17.3 Å². The first-order valence-corrected chi connectivity index (χ1v) is 13.1. The Morgan fingerprint density at radius 1 is 0.900 bits per heavy atom. The van der Waals surface area contributed by atoms with Gasteiger partial charge in [-0.2, -0.15) is 0 Å². The van der Waals surface area contributed by atoms with E-state index in [1.165, 1.54) is 0 Å². The first-order chi connectivity index (χ1) is 19.1. The van der Waals surface area contributed by atoms with E-state index in [-0.39, 0.29) is 23.8 Å². The predicted molar refractivity (Wildman–Crippen MR) is 142 cm³/mol. The molecule has 3 aliphatic carbocycles. The van der Waals surface area contributed by atoms with Gasteiger partial charge in [0.05, 0.1) is 34.7 Å². The van der Waals surface area contributed by atoms with Crippen LogP contribution in [-0.4, -0.2) is 50.5 Å². The van der Waals surface area contributed by atoms with Gasteiger partial charge >= 0.3 is 0 Å². The van der Waals surface area contributed by atoms with Crippen LogP contribution in [0.3, 0.4) is 0 Å². The van der Waals surface area contributed by atoms with Crippen LogP contribution in [0.15, 0.2) is 28.8 Å². The molecule has 1 aromatic heterocycles. The lowest BCUT2D eigenvalue weighted by molar-refractivity contribution is 0.0790. The normalized spacial score (nSPS) is 19.3. The summed E-state index contributed by atoms with van der Waals surface area (Å²) in [6.45, 7) is 2.07. The Kier molecular flexibility index (Phi) is 5.52. The lowest BCUT2D eigenvalue weighted by Gasteiger charge is -2.22. The summed E-state index contributed by atoms with van der Waals surface area (Å²) in [4.78, 5) is 69.6. The second-order valence-corrected chi connectivity index (χ2v) is 10.5. The molecule has 3 aliphatic rings. The van der Waals surface area contributed by atoms with Gasteiger partial charge in [0.2, 0.25) is 5.78 Å². The number of rotatable bonds is 5. The third kappa shape index (κ3) is 3.07. The number of phenolic OH excluding ortho intramolecular Hbond substituents is 3. The number of unbranched alkanes of at least 4 members (excludes halogenated alkanes) is 2. The number of aromatic hydroxyl groups is 3. The van der Waals surface area contributed by atoms with Crippen LogP contribution in [0, 0.1) is 0 Å². The number of allylic oxidation sites excluding steroid dienone is 2. The van der Waals surface area contributed by atoms with E-state index in [0.29, 0.717) is 23.1 Å². The summed E-state index contributed by atoms with van der Waals surface area (Å²) in [6.07, 6.45) is 4.45. The molecule has 6 rings (SSSR count). The Labute approximate surface area is 226 Å². The van der Waals surface area contributed by atoms with Gasteiger partial charge in [0.25, 0.3) is 5.56 Å². The molecule has 204 valence electrons. The Balaban J connectivity index is 1.56. The molecule has 3 aromatic rings. The smallest absolute Gasteiger partial charge is 0.259 e. The van der Waals surface area contributed by atoms with Crippen molar-refractivity contribution in [2.45, 2.75) is 50.9 Å². The predicted octanol–water partition coefficient (Wildman–Crippen LogP) is 3.55. The highest BCUT2D eigenvalue weighted by molar-refractivity contribution is 6.38. The number of nitrogens with one attached hydrogen (secondary N) is 1. The van der Waals surface area contributed by atoms with Gasteiger partial charge in [-0.3, -0.25) is 24.0 Å². The average Bonchev–Trinajstić information content (AvgIpc) is 3.40. The summed E-state index contributed by atoms with van der Waals surface area (Å²) >= 11 is 0. The second-order valence-electron chi connectivity index (χ2n) is 10.5. The summed E-state index contributed by atoms with van der Waals surface area (Å²) in [7, 11) is 1.15. The fourth-order valence-corrected chi connectivity index (χ4v) is 6.49. The van der Waals surface area contributed by atoms with Gasteiger partial charge in [-0.1, -0.05) is 25.8 Å². The minimum Gasteiger partial charge on any atom is -0.507 e. The number of H-pyrrole nitrogens is 1. The summed E-state index contributed by atoms with van der Waals surface area (Å²) < 4.78 is 4.92. The number of ether oxygens (including phenoxy) is 1. The number of benzene rings is 2. The van der Waals surface area contributed by atoms with Crippen LogP contribution in [0.4, 0.5) is 0 Å². The maximum atomic E-state index is 14.0. The highest BCUT2D eigenvalue weighted by Crippen LogP contribution is 2.57. The molecule has 0 fully saturated rings. The fourth-order valence-electron chi connectivity index (χ4n) is 6.49. The van der Waals surface area contributed by atoms with Crippen LogP contribution < -0.4 is 5.56 Å². The van der Waals surface area contributed by atoms with Gasteiger partial charge < -0.3 is 25.0 Å².